The third-order valence-corrected chi connectivity index (χ3v) is 6.74. The Morgan fingerprint density at radius 1 is 1.15 bits per heavy atom. The molecule has 0 radical (unpaired) electrons. The van der Waals surface area contributed by atoms with E-state index in [0.717, 1.165) is 16.9 Å². The molecule has 1 aromatic carbocycles. The molecule has 0 spiro atoms. The van der Waals surface area contributed by atoms with Crippen LogP contribution in [0.15, 0.2) is 41.8 Å². The van der Waals surface area contributed by atoms with E-state index in [2.05, 4.69) is 20.6 Å². The second-order valence-corrected chi connectivity index (χ2v) is 9.21. The molecule has 2 aromatic heterocycles. The van der Waals surface area contributed by atoms with Gasteiger partial charge in [-0.2, -0.15) is 0 Å². The van der Waals surface area contributed by atoms with Crippen molar-refractivity contribution in [1.29, 1.82) is 0 Å². The van der Waals surface area contributed by atoms with Gasteiger partial charge in [-0.1, -0.05) is 30.3 Å². The van der Waals surface area contributed by atoms with Crippen molar-refractivity contribution in [3.63, 3.8) is 0 Å². The van der Waals surface area contributed by atoms with E-state index in [4.69, 9.17) is 4.74 Å². The summed E-state index contributed by atoms with van der Waals surface area (Å²) < 4.78 is 5.12. The molecule has 4 rings (SSSR count). The van der Waals surface area contributed by atoms with E-state index in [1.165, 1.54) is 28.7 Å². The second kappa shape index (κ2) is 10.5. The summed E-state index contributed by atoms with van der Waals surface area (Å²) in [5, 5.41) is 8.11. The number of hydrogen-bond acceptors (Lipinski definition) is 8. The Kier molecular flexibility index (Phi) is 7.26. The number of nitrogens with one attached hydrogen (secondary N) is 2. The first-order chi connectivity index (χ1) is 16.0. The zero-order valence-electron chi connectivity index (χ0n) is 17.9. The average Bonchev–Trinajstić information content (AvgIpc) is 3.49. The summed E-state index contributed by atoms with van der Waals surface area (Å²) in [6.45, 7) is 2.11. The van der Waals surface area contributed by atoms with Crippen LogP contribution in [0.3, 0.4) is 0 Å². The van der Waals surface area contributed by atoms with E-state index in [0.29, 0.717) is 34.7 Å². The lowest BCUT2D eigenvalue weighted by Crippen LogP contribution is -2.16. The zero-order chi connectivity index (χ0) is 23.2. The van der Waals surface area contributed by atoms with Crippen molar-refractivity contribution in [3.8, 4) is 0 Å². The quantitative estimate of drug-likeness (QED) is 0.371. The van der Waals surface area contributed by atoms with E-state index in [-0.39, 0.29) is 30.1 Å². The Morgan fingerprint density at radius 3 is 2.76 bits per heavy atom. The summed E-state index contributed by atoms with van der Waals surface area (Å²) >= 11 is 2.64. The Balaban J connectivity index is 1.30. The third kappa shape index (κ3) is 5.91. The van der Waals surface area contributed by atoms with Crippen LogP contribution >= 0.6 is 22.7 Å². The van der Waals surface area contributed by atoms with Crippen LogP contribution in [0.4, 0.5) is 10.3 Å². The summed E-state index contributed by atoms with van der Waals surface area (Å²) in [6, 6.07) is 9.50. The topological polar surface area (TPSA) is 110 Å². The van der Waals surface area contributed by atoms with Gasteiger partial charge in [-0.05, 0) is 31.4 Å². The summed E-state index contributed by atoms with van der Waals surface area (Å²) in [6.07, 6.45) is 4.65. The van der Waals surface area contributed by atoms with Crippen LogP contribution in [-0.4, -0.2) is 34.4 Å². The number of amides is 2. The van der Waals surface area contributed by atoms with E-state index in [1.807, 2.05) is 30.3 Å². The number of anilines is 2. The van der Waals surface area contributed by atoms with Gasteiger partial charge >= 0.3 is 5.97 Å². The molecule has 2 N–H and O–H groups in total. The predicted octanol–water partition coefficient (Wildman–Crippen LogP) is 4.03. The van der Waals surface area contributed by atoms with Gasteiger partial charge in [0.1, 0.15) is 5.92 Å². The van der Waals surface area contributed by atoms with Gasteiger partial charge < -0.3 is 10.1 Å². The second-order valence-electron chi connectivity index (χ2n) is 7.27. The highest BCUT2D eigenvalue weighted by molar-refractivity contribution is 7.16. The first-order valence-corrected chi connectivity index (χ1v) is 12.2. The van der Waals surface area contributed by atoms with Gasteiger partial charge in [0.2, 0.25) is 11.8 Å². The molecule has 0 aliphatic heterocycles. The monoisotopic (exact) mass is 482 g/mol. The number of aromatic nitrogens is 2. The number of benzene rings is 1. The molecular weight excluding hydrogens is 460 g/mol. The van der Waals surface area contributed by atoms with Crippen molar-refractivity contribution in [2.45, 2.75) is 32.1 Å². The minimum atomic E-state index is -0.359. The number of thiazole rings is 2. The SMILES string of the molecule is CCOC(=O)C1CCc2sc(NC(=O)Cc3csc(NC(=O)/C=C/c4ccccc4)n3)nc21. The van der Waals surface area contributed by atoms with Crippen LogP contribution in [0, 0.1) is 0 Å². The van der Waals surface area contributed by atoms with Crippen molar-refractivity contribution >= 4 is 56.8 Å². The van der Waals surface area contributed by atoms with Crippen LogP contribution in [0.5, 0.6) is 0 Å². The van der Waals surface area contributed by atoms with Crippen molar-refractivity contribution < 1.29 is 19.1 Å². The summed E-state index contributed by atoms with van der Waals surface area (Å²) in [5.41, 5.74) is 2.18. The molecule has 2 amide bonds. The average molecular weight is 483 g/mol. The minimum Gasteiger partial charge on any atom is -0.465 e. The molecule has 0 saturated carbocycles. The van der Waals surface area contributed by atoms with Crippen molar-refractivity contribution in [2.75, 3.05) is 17.2 Å². The van der Waals surface area contributed by atoms with Crippen LogP contribution in [0.1, 0.15) is 41.1 Å². The van der Waals surface area contributed by atoms with Crippen LogP contribution in [-0.2, 0) is 32.0 Å². The van der Waals surface area contributed by atoms with Gasteiger partial charge in [-0.25, -0.2) is 9.97 Å². The van der Waals surface area contributed by atoms with Gasteiger partial charge in [0, 0.05) is 16.3 Å². The number of carbonyl (C=O) groups excluding carboxylic acids is 3. The van der Waals surface area contributed by atoms with Gasteiger partial charge in [0.25, 0.3) is 0 Å². The number of ether oxygens (including phenoxy) is 1. The first-order valence-electron chi connectivity index (χ1n) is 10.5. The van der Waals surface area contributed by atoms with Crippen LogP contribution in [0.2, 0.25) is 0 Å². The summed E-state index contributed by atoms with van der Waals surface area (Å²) in [5.74, 6) is -1.18. The lowest BCUT2D eigenvalue weighted by Gasteiger charge is -2.07. The Bertz CT molecular complexity index is 1190. The number of esters is 1. The number of fused-ring (bicyclic) bond motifs is 1. The molecular formula is C23H22N4O4S2. The van der Waals surface area contributed by atoms with Gasteiger partial charge in [-0.3, -0.25) is 19.7 Å². The van der Waals surface area contributed by atoms with Crippen molar-refractivity contribution in [1.82, 2.24) is 9.97 Å². The molecule has 33 heavy (non-hydrogen) atoms. The number of rotatable bonds is 8. The molecule has 1 unspecified atom stereocenters. The summed E-state index contributed by atoms with van der Waals surface area (Å²) in [7, 11) is 0. The maximum atomic E-state index is 12.4. The molecule has 1 atom stereocenters. The number of aryl methyl sites for hydroxylation is 1. The summed E-state index contributed by atoms with van der Waals surface area (Å²) in [4.78, 5) is 46.4. The van der Waals surface area contributed by atoms with Crippen molar-refractivity contribution in [2.24, 2.45) is 0 Å². The molecule has 0 bridgehead atoms. The van der Waals surface area contributed by atoms with Gasteiger partial charge in [-0.15, -0.1) is 22.7 Å². The smallest absolute Gasteiger partial charge is 0.315 e. The van der Waals surface area contributed by atoms with E-state index in [9.17, 15) is 14.4 Å². The molecule has 1 aliphatic carbocycles. The number of carbonyl (C=O) groups is 3. The van der Waals surface area contributed by atoms with Crippen LogP contribution < -0.4 is 10.6 Å². The van der Waals surface area contributed by atoms with Gasteiger partial charge in [0.05, 0.1) is 24.4 Å². The number of hydrogen-bond donors (Lipinski definition) is 2. The highest BCUT2D eigenvalue weighted by Gasteiger charge is 2.33. The Hall–Kier alpha value is -3.37. The Morgan fingerprint density at radius 2 is 1.97 bits per heavy atom. The fourth-order valence-corrected chi connectivity index (χ4v) is 5.18. The molecule has 8 nitrogen and oxygen atoms in total. The first kappa shape index (κ1) is 22.8. The van der Waals surface area contributed by atoms with E-state index >= 15 is 0 Å². The fourth-order valence-electron chi connectivity index (χ4n) is 3.41. The highest BCUT2D eigenvalue weighted by atomic mass is 32.1. The molecule has 2 heterocycles. The Labute approximate surface area is 198 Å². The largest absolute Gasteiger partial charge is 0.465 e. The van der Waals surface area contributed by atoms with E-state index in [1.54, 1.807) is 18.4 Å². The lowest BCUT2D eigenvalue weighted by atomic mass is 10.1. The normalized spacial score (nSPS) is 14.8. The molecule has 170 valence electrons. The minimum absolute atomic E-state index is 0.0533. The predicted molar refractivity (Wildman–Crippen MR) is 128 cm³/mol. The number of nitrogens with zero attached hydrogens (tertiary/aromatic N) is 2. The van der Waals surface area contributed by atoms with Crippen molar-refractivity contribution in [3.05, 3.63) is 63.6 Å². The highest BCUT2D eigenvalue weighted by Crippen LogP contribution is 2.39. The van der Waals surface area contributed by atoms with E-state index < -0.39 is 0 Å². The fraction of sp³-hybridized carbons (Fsp3) is 0.261. The standard InChI is InChI=1S/C23H22N4O4S2/c1-2-31-21(30)16-9-10-17-20(16)27-23(33-17)26-19(29)12-15-13-32-22(24-15)25-18(28)11-8-14-6-4-3-5-7-14/h3-8,11,13,16H,2,9-10,12H2,1H3,(H,24,25,28)(H,26,27,29)/b11-8+. The maximum Gasteiger partial charge on any atom is 0.315 e. The molecule has 10 heteroatoms. The van der Waals surface area contributed by atoms with Gasteiger partial charge in [0.15, 0.2) is 10.3 Å². The zero-order valence-corrected chi connectivity index (χ0v) is 19.5. The molecule has 0 saturated heterocycles. The van der Waals surface area contributed by atoms with Crippen LogP contribution in [0.25, 0.3) is 6.08 Å². The third-order valence-electron chi connectivity index (χ3n) is 4.89. The molecule has 3 aromatic rings. The maximum absolute atomic E-state index is 12.4. The molecule has 0 fully saturated rings. The molecule has 1 aliphatic rings. The lowest BCUT2D eigenvalue weighted by molar-refractivity contribution is -0.145.